The first-order valence-corrected chi connectivity index (χ1v) is 5.27. The fraction of sp³-hybridized carbons (Fsp3) is 0.900. The first-order chi connectivity index (χ1) is 6.70. The van der Waals surface area contributed by atoms with Crippen LogP contribution < -0.4 is 11.1 Å². The van der Waals surface area contributed by atoms with Crippen LogP contribution >= 0.6 is 0 Å². The molecule has 0 radical (unpaired) electrons. The van der Waals surface area contributed by atoms with Crippen molar-refractivity contribution in [2.24, 2.45) is 5.73 Å². The van der Waals surface area contributed by atoms with Crippen LogP contribution in [0.15, 0.2) is 0 Å². The zero-order valence-corrected chi connectivity index (χ0v) is 9.21. The van der Waals surface area contributed by atoms with Crippen molar-refractivity contribution in [1.29, 1.82) is 0 Å². The van der Waals surface area contributed by atoms with Crippen molar-refractivity contribution in [3.8, 4) is 0 Å². The number of carbonyl (C=O) groups is 1. The summed E-state index contributed by atoms with van der Waals surface area (Å²) in [4.78, 5) is 11.2. The molecule has 0 saturated heterocycles. The van der Waals surface area contributed by atoms with Crippen LogP contribution in [0.1, 0.15) is 33.1 Å². The standard InChI is InChI=1S/C10H22N2O2/c1-3-4-5-6-14-8-10(13)12-9(2)7-11/h9H,3-8,11H2,1-2H3,(H,12,13)/t9-/m0/s1. The van der Waals surface area contributed by atoms with Gasteiger partial charge in [-0.2, -0.15) is 0 Å². The number of amides is 1. The molecular formula is C10H22N2O2. The predicted octanol–water partition coefficient (Wildman–Crippen LogP) is 0.657. The maximum absolute atomic E-state index is 11.2. The van der Waals surface area contributed by atoms with Gasteiger partial charge in [0.1, 0.15) is 6.61 Å². The summed E-state index contributed by atoms with van der Waals surface area (Å²) in [5.41, 5.74) is 5.36. The molecule has 0 unspecified atom stereocenters. The third-order valence-electron chi connectivity index (χ3n) is 1.89. The largest absolute Gasteiger partial charge is 0.372 e. The van der Waals surface area contributed by atoms with Gasteiger partial charge in [-0.05, 0) is 13.3 Å². The maximum atomic E-state index is 11.2. The first kappa shape index (κ1) is 13.4. The molecule has 0 aliphatic heterocycles. The van der Waals surface area contributed by atoms with Crippen molar-refractivity contribution >= 4 is 5.91 Å². The third-order valence-corrected chi connectivity index (χ3v) is 1.89. The van der Waals surface area contributed by atoms with Crippen LogP contribution in [-0.4, -0.2) is 31.7 Å². The van der Waals surface area contributed by atoms with Gasteiger partial charge in [0.25, 0.3) is 0 Å². The molecule has 4 nitrogen and oxygen atoms in total. The summed E-state index contributed by atoms with van der Waals surface area (Å²) in [6.07, 6.45) is 3.34. The van der Waals surface area contributed by atoms with E-state index >= 15 is 0 Å². The number of nitrogens with two attached hydrogens (primary N) is 1. The van der Waals surface area contributed by atoms with Crippen LogP contribution in [0.25, 0.3) is 0 Å². The summed E-state index contributed by atoms with van der Waals surface area (Å²) >= 11 is 0. The second kappa shape index (κ2) is 8.97. The van der Waals surface area contributed by atoms with Gasteiger partial charge < -0.3 is 15.8 Å². The van der Waals surface area contributed by atoms with Crippen molar-refractivity contribution < 1.29 is 9.53 Å². The summed E-state index contributed by atoms with van der Waals surface area (Å²) < 4.78 is 5.19. The van der Waals surface area contributed by atoms with E-state index < -0.39 is 0 Å². The minimum Gasteiger partial charge on any atom is -0.372 e. The molecular weight excluding hydrogens is 180 g/mol. The van der Waals surface area contributed by atoms with Crippen LogP contribution in [0.5, 0.6) is 0 Å². The van der Waals surface area contributed by atoms with Crippen LogP contribution in [0.2, 0.25) is 0 Å². The highest BCUT2D eigenvalue weighted by Crippen LogP contribution is 1.93. The van der Waals surface area contributed by atoms with E-state index in [-0.39, 0.29) is 18.6 Å². The zero-order chi connectivity index (χ0) is 10.8. The van der Waals surface area contributed by atoms with Crippen molar-refractivity contribution in [2.75, 3.05) is 19.8 Å². The van der Waals surface area contributed by atoms with Crippen molar-refractivity contribution in [2.45, 2.75) is 39.2 Å². The monoisotopic (exact) mass is 202 g/mol. The van der Waals surface area contributed by atoms with E-state index in [0.29, 0.717) is 13.2 Å². The molecule has 1 amide bonds. The summed E-state index contributed by atoms with van der Waals surface area (Å²) in [5, 5.41) is 2.73. The second-order valence-electron chi connectivity index (χ2n) is 3.46. The van der Waals surface area contributed by atoms with E-state index in [0.717, 1.165) is 12.8 Å². The lowest BCUT2D eigenvalue weighted by molar-refractivity contribution is -0.126. The minimum absolute atomic E-state index is 0.0294. The average molecular weight is 202 g/mol. The maximum Gasteiger partial charge on any atom is 0.246 e. The highest BCUT2D eigenvalue weighted by molar-refractivity contribution is 5.77. The van der Waals surface area contributed by atoms with Crippen LogP contribution in [0.3, 0.4) is 0 Å². The lowest BCUT2D eigenvalue weighted by Gasteiger charge is -2.11. The Morgan fingerprint density at radius 2 is 2.21 bits per heavy atom. The van der Waals surface area contributed by atoms with Gasteiger partial charge in [-0.25, -0.2) is 0 Å². The van der Waals surface area contributed by atoms with E-state index in [1.807, 2.05) is 6.92 Å². The molecule has 0 aliphatic rings. The molecule has 0 spiro atoms. The Bertz CT molecular complexity index is 151. The zero-order valence-electron chi connectivity index (χ0n) is 9.21. The quantitative estimate of drug-likeness (QED) is 0.568. The number of rotatable bonds is 8. The van der Waals surface area contributed by atoms with Gasteiger partial charge >= 0.3 is 0 Å². The molecule has 0 rings (SSSR count). The number of unbranched alkanes of at least 4 members (excludes halogenated alkanes) is 2. The van der Waals surface area contributed by atoms with Crippen molar-refractivity contribution in [3.63, 3.8) is 0 Å². The highest BCUT2D eigenvalue weighted by atomic mass is 16.5. The van der Waals surface area contributed by atoms with Gasteiger partial charge in [-0.15, -0.1) is 0 Å². The molecule has 0 aromatic carbocycles. The SMILES string of the molecule is CCCCCOCC(=O)N[C@@H](C)CN. The van der Waals surface area contributed by atoms with Crippen molar-refractivity contribution in [3.05, 3.63) is 0 Å². The molecule has 1 atom stereocenters. The molecule has 0 aromatic heterocycles. The van der Waals surface area contributed by atoms with Gasteiger partial charge in [0.15, 0.2) is 0 Å². The molecule has 0 bridgehead atoms. The molecule has 0 fully saturated rings. The van der Waals surface area contributed by atoms with Crippen LogP contribution in [-0.2, 0) is 9.53 Å². The number of hydrogen-bond acceptors (Lipinski definition) is 3. The first-order valence-electron chi connectivity index (χ1n) is 5.27. The number of carbonyl (C=O) groups excluding carboxylic acids is 1. The number of hydrogen-bond donors (Lipinski definition) is 2. The van der Waals surface area contributed by atoms with Gasteiger partial charge in [0.2, 0.25) is 5.91 Å². The van der Waals surface area contributed by atoms with E-state index in [1.165, 1.54) is 6.42 Å². The van der Waals surface area contributed by atoms with E-state index in [4.69, 9.17) is 10.5 Å². The molecule has 14 heavy (non-hydrogen) atoms. The second-order valence-corrected chi connectivity index (χ2v) is 3.46. The Morgan fingerprint density at radius 1 is 1.50 bits per heavy atom. The van der Waals surface area contributed by atoms with Gasteiger partial charge in [-0.1, -0.05) is 19.8 Å². The van der Waals surface area contributed by atoms with Gasteiger partial charge in [0.05, 0.1) is 0 Å². The van der Waals surface area contributed by atoms with E-state index in [2.05, 4.69) is 12.2 Å². The highest BCUT2D eigenvalue weighted by Gasteiger charge is 2.04. The molecule has 0 aliphatic carbocycles. The number of nitrogens with one attached hydrogen (secondary N) is 1. The minimum atomic E-state index is -0.0838. The summed E-state index contributed by atoms with van der Waals surface area (Å²) in [5.74, 6) is -0.0838. The van der Waals surface area contributed by atoms with Gasteiger partial charge in [-0.3, -0.25) is 4.79 Å². The smallest absolute Gasteiger partial charge is 0.246 e. The summed E-state index contributed by atoms with van der Waals surface area (Å²) in [7, 11) is 0. The summed E-state index contributed by atoms with van der Waals surface area (Å²) in [6.45, 7) is 5.28. The Hall–Kier alpha value is -0.610. The van der Waals surface area contributed by atoms with E-state index in [9.17, 15) is 4.79 Å². The molecule has 0 aromatic rings. The Balaban J connectivity index is 3.27. The molecule has 4 heteroatoms. The summed E-state index contributed by atoms with van der Waals surface area (Å²) in [6, 6.07) is 0.0294. The lowest BCUT2D eigenvalue weighted by atomic mass is 10.3. The average Bonchev–Trinajstić information content (AvgIpc) is 2.17. The number of ether oxygens (including phenoxy) is 1. The topological polar surface area (TPSA) is 64.3 Å². The normalized spacial score (nSPS) is 12.5. The fourth-order valence-electron chi connectivity index (χ4n) is 0.994. The predicted molar refractivity (Wildman–Crippen MR) is 57.0 cm³/mol. The Kier molecular flexibility index (Phi) is 8.57. The van der Waals surface area contributed by atoms with Crippen molar-refractivity contribution in [1.82, 2.24) is 5.32 Å². The Morgan fingerprint density at radius 3 is 2.79 bits per heavy atom. The Labute approximate surface area is 86.2 Å². The molecule has 0 saturated carbocycles. The van der Waals surface area contributed by atoms with Gasteiger partial charge in [0, 0.05) is 19.2 Å². The molecule has 84 valence electrons. The third kappa shape index (κ3) is 8.01. The molecule has 3 N–H and O–H groups in total. The fourth-order valence-corrected chi connectivity index (χ4v) is 0.994. The van der Waals surface area contributed by atoms with E-state index in [1.54, 1.807) is 0 Å². The van der Waals surface area contributed by atoms with Crippen LogP contribution in [0, 0.1) is 0 Å². The lowest BCUT2D eigenvalue weighted by Crippen LogP contribution is -2.39. The van der Waals surface area contributed by atoms with Crippen LogP contribution in [0.4, 0.5) is 0 Å². The molecule has 0 heterocycles.